The molecular weight excluding hydrogens is 308 g/mol. The van der Waals surface area contributed by atoms with E-state index in [1.54, 1.807) is 21.3 Å². The van der Waals surface area contributed by atoms with Crippen molar-refractivity contribution >= 4 is 5.91 Å². The van der Waals surface area contributed by atoms with Crippen LogP contribution in [0, 0.1) is 6.92 Å². The zero-order chi connectivity index (χ0) is 17.3. The van der Waals surface area contributed by atoms with Crippen LogP contribution in [0.3, 0.4) is 0 Å². The molecule has 2 aromatic rings. The lowest BCUT2D eigenvalue weighted by atomic mass is 9.97. The van der Waals surface area contributed by atoms with Gasteiger partial charge in [0, 0.05) is 17.8 Å². The maximum absolute atomic E-state index is 12.7. The molecule has 0 unspecified atom stereocenters. The molecule has 1 aromatic heterocycles. The Labute approximate surface area is 141 Å². The third-order valence-corrected chi connectivity index (χ3v) is 4.37. The van der Waals surface area contributed by atoms with E-state index in [0.717, 1.165) is 23.2 Å². The number of amides is 1. The van der Waals surface area contributed by atoms with Gasteiger partial charge in [-0.05, 0) is 37.1 Å². The highest BCUT2D eigenvalue weighted by atomic mass is 16.5. The second kappa shape index (κ2) is 6.47. The molecule has 6 heteroatoms. The first-order chi connectivity index (χ1) is 11.6. The minimum absolute atomic E-state index is 0.00871. The van der Waals surface area contributed by atoms with Gasteiger partial charge in [0.05, 0.1) is 27.9 Å². The number of ether oxygens (including phenoxy) is 3. The Morgan fingerprint density at radius 3 is 2.46 bits per heavy atom. The Morgan fingerprint density at radius 2 is 1.88 bits per heavy atom. The number of nitrogens with zero attached hydrogens (tertiary/aromatic N) is 1. The zero-order valence-corrected chi connectivity index (χ0v) is 14.4. The average Bonchev–Trinajstić information content (AvgIpc) is 3.05. The van der Waals surface area contributed by atoms with E-state index in [2.05, 4.69) is 4.98 Å². The summed E-state index contributed by atoms with van der Waals surface area (Å²) in [6, 6.07) is 5.69. The fourth-order valence-electron chi connectivity index (χ4n) is 3.16. The van der Waals surface area contributed by atoms with Crippen molar-refractivity contribution in [3.8, 4) is 17.2 Å². The first-order valence-electron chi connectivity index (χ1n) is 7.84. The Balaban J connectivity index is 1.96. The second-order valence-electron chi connectivity index (χ2n) is 5.81. The number of rotatable bonds is 4. The van der Waals surface area contributed by atoms with Gasteiger partial charge in [0.1, 0.15) is 5.69 Å². The predicted octanol–water partition coefficient (Wildman–Crippen LogP) is 2.55. The largest absolute Gasteiger partial charge is 0.493 e. The third-order valence-electron chi connectivity index (χ3n) is 4.37. The predicted molar refractivity (Wildman–Crippen MR) is 90.1 cm³/mol. The molecular formula is C18H22N2O4. The first-order valence-corrected chi connectivity index (χ1v) is 7.84. The summed E-state index contributed by atoms with van der Waals surface area (Å²) < 4.78 is 16.4. The molecule has 24 heavy (non-hydrogen) atoms. The molecule has 2 heterocycles. The highest BCUT2D eigenvalue weighted by molar-refractivity contribution is 5.92. The van der Waals surface area contributed by atoms with Crippen LogP contribution < -0.4 is 14.2 Å². The summed E-state index contributed by atoms with van der Waals surface area (Å²) in [5.41, 5.74) is 3.67. The van der Waals surface area contributed by atoms with E-state index in [-0.39, 0.29) is 5.91 Å². The SMILES string of the molecule is COc1cc2c(c(OC)c1OC)CN(C(=O)c1ccc(C)[nH]1)CC2. The van der Waals surface area contributed by atoms with Crippen molar-refractivity contribution in [1.82, 2.24) is 9.88 Å². The summed E-state index contributed by atoms with van der Waals surface area (Å²) in [6.07, 6.45) is 0.747. The molecule has 128 valence electrons. The highest BCUT2D eigenvalue weighted by Crippen LogP contribution is 2.43. The van der Waals surface area contributed by atoms with Gasteiger partial charge in [-0.3, -0.25) is 4.79 Å². The van der Waals surface area contributed by atoms with Gasteiger partial charge in [-0.25, -0.2) is 0 Å². The number of aromatic amines is 1. The van der Waals surface area contributed by atoms with Crippen LogP contribution in [0.4, 0.5) is 0 Å². The summed E-state index contributed by atoms with van der Waals surface area (Å²) in [5.74, 6) is 1.83. The van der Waals surface area contributed by atoms with Crippen molar-refractivity contribution < 1.29 is 19.0 Å². The Bertz CT molecular complexity index is 767. The van der Waals surface area contributed by atoms with Crippen LogP contribution in [0.2, 0.25) is 0 Å². The number of hydrogen-bond acceptors (Lipinski definition) is 4. The van der Waals surface area contributed by atoms with Crippen LogP contribution in [0.1, 0.15) is 27.3 Å². The second-order valence-corrected chi connectivity index (χ2v) is 5.81. The van der Waals surface area contributed by atoms with E-state index in [1.807, 2.05) is 30.0 Å². The lowest BCUT2D eigenvalue weighted by molar-refractivity contribution is 0.0727. The van der Waals surface area contributed by atoms with Gasteiger partial charge in [0.25, 0.3) is 5.91 Å². The molecule has 1 amide bonds. The zero-order valence-electron chi connectivity index (χ0n) is 14.4. The van der Waals surface area contributed by atoms with E-state index >= 15 is 0 Å². The van der Waals surface area contributed by atoms with Crippen molar-refractivity contribution in [3.63, 3.8) is 0 Å². The van der Waals surface area contributed by atoms with Crippen molar-refractivity contribution in [2.24, 2.45) is 0 Å². The molecule has 0 bridgehead atoms. The van der Waals surface area contributed by atoms with E-state index < -0.39 is 0 Å². The van der Waals surface area contributed by atoms with E-state index in [0.29, 0.717) is 36.0 Å². The van der Waals surface area contributed by atoms with E-state index in [9.17, 15) is 4.79 Å². The van der Waals surface area contributed by atoms with Crippen molar-refractivity contribution in [1.29, 1.82) is 0 Å². The molecule has 1 aromatic carbocycles. The van der Waals surface area contributed by atoms with Gasteiger partial charge in [-0.2, -0.15) is 0 Å². The summed E-state index contributed by atoms with van der Waals surface area (Å²) in [6.45, 7) is 3.07. The normalized spacial score (nSPS) is 13.4. The minimum atomic E-state index is -0.00871. The molecule has 0 atom stereocenters. The van der Waals surface area contributed by atoms with Gasteiger partial charge < -0.3 is 24.1 Å². The van der Waals surface area contributed by atoms with Crippen LogP contribution >= 0.6 is 0 Å². The number of carbonyl (C=O) groups excluding carboxylic acids is 1. The Hall–Kier alpha value is -2.63. The summed E-state index contributed by atoms with van der Waals surface area (Å²) in [4.78, 5) is 17.6. The van der Waals surface area contributed by atoms with Crippen LogP contribution in [-0.2, 0) is 13.0 Å². The Kier molecular flexibility index (Phi) is 4.38. The average molecular weight is 330 g/mol. The monoisotopic (exact) mass is 330 g/mol. The molecule has 0 fully saturated rings. The lowest BCUT2D eigenvalue weighted by Gasteiger charge is -2.30. The molecule has 1 aliphatic heterocycles. The van der Waals surface area contributed by atoms with Gasteiger partial charge in [0.2, 0.25) is 5.75 Å². The van der Waals surface area contributed by atoms with Crippen LogP contribution in [-0.4, -0.2) is 43.7 Å². The summed E-state index contributed by atoms with van der Waals surface area (Å²) >= 11 is 0. The van der Waals surface area contributed by atoms with Gasteiger partial charge in [-0.1, -0.05) is 0 Å². The molecule has 1 N–H and O–H groups in total. The maximum Gasteiger partial charge on any atom is 0.270 e. The molecule has 0 radical (unpaired) electrons. The van der Waals surface area contributed by atoms with E-state index in [4.69, 9.17) is 14.2 Å². The molecule has 3 rings (SSSR count). The standard InChI is InChI=1S/C18H22N2O4/c1-11-5-6-14(19-11)18(21)20-8-7-12-9-15(22-2)17(24-4)16(23-3)13(12)10-20/h5-6,9,19H,7-8,10H2,1-4H3. The number of carbonyl (C=O) groups is 1. The number of hydrogen-bond donors (Lipinski definition) is 1. The first kappa shape index (κ1) is 16.2. The van der Waals surface area contributed by atoms with Gasteiger partial charge in [0.15, 0.2) is 11.5 Å². The summed E-state index contributed by atoms with van der Waals surface area (Å²) in [5, 5.41) is 0. The highest BCUT2D eigenvalue weighted by Gasteiger charge is 2.28. The number of H-pyrrole nitrogens is 1. The molecule has 0 spiro atoms. The molecule has 0 saturated heterocycles. The number of methoxy groups -OCH3 is 3. The van der Waals surface area contributed by atoms with Crippen molar-refractivity contribution in [2.45, 2.75) is 19.9 Å². The van der Waals surface area contributed by atoms with Crippen LogP contribution in [0.5, 0.6) is 17.2 Å². The molecule has 6 nitrogen and oxygen atoms in total. The third kappa shape index (κ3) is 2.68. The fraction of sp³-hybridized carbons (Fsp3) is 0.389. The Morgan fingerprint density at radius 1 is 1.12 bits per heavy atom. The fourth-order valence-corrected chi connectivity index (χ4v) is 3.16. The summed E-state index contributed by atoms with van der Waals surface area (Å²) in [7, 11) is 4.79. The smallest absolute Gasteiger partial charge is 0.270 e. The minimum Gasteiger partial charge on any atom is -0.493 e. The number of nitrogens with one attached hydrogen (secondary N) is 1. The van der Waals surface area contributed by atoms with Gasteiger partial charge >= 0.3 is 0 Å². The van der Waals surface area contributed by atoms with Crippen LogP contribution in [0.25, 0.3) is 0 Å². The number of fused-ring (bicyclic) bond motifs is 1. The maximum atomic E-state index is 12.7. The number of aromatic nitrogens is 1. The topological polar surface area (TPSA) is 63.8 Å². The molecule has 0 saturated carbocycles. The van der Waals surface area contributed by atoms with E-state index in [1.165, 1.54) is 0 Å². The van der Waals surface area contributed by atoms with Crippen LogP contribution in [0.15, 0.2) is 18.2 Å². The quantitative estimate of drug-likeness (QED) is 0.936. The van der Waals surface area contributed by atoms with Crippen molar-refractivity contribution in [3.05, 3.63) is 40.7 Å². The van der Waals surface area contributed by atoms with Gasteiger partial charge in [-0.15, -0.1) is 0 Å². The lowest BCUT2D eigenvalue weighted by Crippen LogP contribution is -2.36. The number of benzene rings is 1. The molecule has 1 aliphatic rings. The van der Waals surface area contributed by atoms with Crippen molar-refractivity contribution in [2.75, 3.05) is 27.9 Å². The molecule has 0 aliphatic carbocycles. The number of aryl methyl sites for hydroxylation is 1.